The molecule has 4 bridgehead atoms. The first-order valence-electron chi connectivity index (χ1n) is 16.3. The van der Waals surface area contributed by atoms with Crippen LogP contribution in [0.15, 0.2) is 54.6 Å². The molecule has 0 saturated heterocycles. The van der Waals surface area contributed by atoms with Crippen LogP contribution < -0.4 is 9.62 Å². The van der Waals surface area contributed by atoms with Crippen molar-refractivity contribution in [3.8, 4) is 0 Å². The van der Waals surface area contributed by atoms with Crippen LogP contribution in [0, 0.1) is 17.8 Å². The van der Waals surface area contributed by atoms with E-state index in [2.05, 4.69) is 17.4 Å². The summed E-state index contributed by atoms with van der Waals surface area (Å²) in [6.45, 7) is 1.61. The lowest BCUT2D eigenvalue weighted by Crippen LogP contribution is -2.53. The molecule has 0 aliphatic heterocycles. The molecule has 8 heteroatoms. The minimum absolute atomic E-state index is 0.123. The predicted molar refractivity (Wildman–Crippen MR) is 170 cm³/mol. The monoisotopic (exact) mass is 605 g/mol. The second-order valence-electron chi connectivity index (χ2n) is 14.0. The highest BCUT2D eigenvalue weighted by atomic mass is 32.2. The highest BCUT2D eigenvalue weighted by Gasteiger charge is 2.51. The van der Waals surface area contributed by atoms with Crippen LogP contribution in [-0.2, 0) is 31.6 Å². The lowest BCUT2D eigenvalue weighted by molar-refractivity contribution is -0.139. The zero-order valence-electron chi connectivity index (χ0n) is 25.7. The molecule has 5 fully saturated rings. The van der Waals surface area contributed by atoms with Gasteiger partial charge in [0.15, 0.2) is 0 Å². The van der Waals surface area contributed by atoms with Gasteiger partial charge in [0.2, 0.25) is 21.8 Å². The zero-order valence-corrected chi connectivity index (χ0v) is 26.5. The smallest absolute Gasteiger partial charge is 0.244 e. The van der Waals surface area contributed by atoms with Gasteiger partial charge in [0, 0.05) is 12.6 Å². The van der Waals surface area contributed by atoms with Crippen molar-refractivity contribution in [2.75, 3.05) is 17.1 Å². The largest absolute Gasteiger partial charge is 0.352 e. The topological polar surface area (TPSA) is 86.8 Å². The van der Waals surface area contributed by atoms with E-state index in [0.717, 1.165) is 55.3 Å². The molecule has 2 amide bonds. The first kappa shape index (κ1) is 30.2. The Kier molecular flexibility index (Phi) is 8.60. The van der Waals surface area contributed by atoms with Gasteiger partial charge in [-0.15, -0.1) is 0 Å². The Labute approximate surface area is 257 Å². The Morgan fingerprint density at radius 3 is 2.02 bits per heavy atom. The van der Waals surface area contributed by atoms with Crippen molar-refractivity contribution < 1.29 is 18.0 Å². The molecule has 5 aliphatic carbocycles. The summed E-state index contributed by atoms with van der Waals surface area (Å²) in [7, 11) is -3.76. The highest BCUT2D eigenvalue weighted by Crippen LogP contribution is 2.60. The Morgan fingerprint density at radius 2 is 1.47 bits per heavy atom. The van der Waals surface area contributed by atoms with Gasteiger partial charge in [-0.25, -0.2) is 8.42 Å². The molecule has 5 aliphatic rings. The first-order chi connectivity index (χ1) is 20.6. The molecule has 0 aromatic heterocycles. The summed E-state index contributed by atoms with van der Waals surface area (Å²) in [4.78, 5) is 28.8. The zero-order chi connectivity index (χ0) is 30.2. The number of amides is 2. The molecule has 0 heterocycles. The molecular weight excluding hydrogens is 558 g/mol. The molecule has 1 atom stereocenters. The summed E-state index contributed by atoms with van der Waals surface area (Å²) in [5.41, 5.74) is 2.91. The number of carbonyl (C=O) groups excluding carboxylic acids is 2. The second-order valence-corrected chi connectivity index (χ2v) is 15.9. The van der Waals surface area contributed by atoms with Crippen LogP contribution in [-0.4, -0.2) is 50.0 Å². The summed E-state index contributed by atoms with van der Waals surface area (Å²) < 4.78 is 27.4. The maximum absolute atomic E-state index is 14.0. The summed E-state index contributed by atoms with van der Waals surface area (Å²) in [6.07, 6.45) is 14.3. The van der Waals surface area contributed by atoms with Crippen molar-refractivity contribution >= 4 is 27.5 Å². The van der Waals surface area contributed by atoms with Crippen molar-refractivity contribution in [2.45, 2.75) is 102 Å². The molecule has 1 N–H and O–H groups in total. The molecule has 0 unspecified atom stereocenters. The number of sulfonamides is 1. The fraction of sp³-hybridized carbons (Fsp3) is 0.600. The second kappa shape index (κ2) is 12.3. The lowest BCUT2D eigenvalue weighted by atomic mass is 9.48. The number of carbonyl (C=O) groups is 2. The summed E-state index contributed by atoms with van der Waals surface area (Å²) in [6, 6.07) is 16.9. The van der Waals surface area contributed by atoms with Crippen LogP contribution in [0.5, 0.6) is 0 Å². The Morgan fingerprint density at radius 1 is 0.884 bits per heavy atom. The minimum Gasteiger partial charge on any atom is -0.352 e. The number of hydrogen-bond donors (Lipinski definition) is 1. The third-order valence-electron chi connectivity index (χ3n) is 10.8. The molecule has 0 spiro atoms. The predicted octanol–water partition coefficient (Wildman–Crippen LogP) is 5.79. The summed E-state index contributed by atoms with van der Waals surface area (Å²) in [5, 5.41) is 3.15. The Balaban J connectivity index is 1.21. The third kappa shape index (κ3) is 6.64. The maximum Gasteiger partial charge on any atom is 0.244 e. The number of nitrogens with zero attached hydrogens (tertiary/aromatic N) is 2. The van der Waals surface area contributed by atoms with Gasteiger partial charge >= 0.3 is 0 Å². The first-order valence-corrected chi connectivity index (χ1v) is 18.2. The number of rotatable bonds is 10. The number of nitrogens with one attached hydrogen (secondary N) is 1. The van der Waals surface area contributed by atoms with E-state index < -0.39 is 22.0 Å². The fourth-order valence-electron chi connectivity index (χ4n) is 8.99. The molecule has 2 aromatic rings. The van der Waals surface area contributed by atoms with Gasteiger partial charge < -0.3 is 10.2 Å². The summed E-state index contributed by atoms with van der Waals surface area (Å²) in [5.74, 6) is 1.88. The average Bonchev–Trinajstić information content (AvgIpc) is 2.98. The van der Waals surface area contributed by atoms with Crippen LogP contribution in [0.3, 0.4) is 0 Å². The summed E-state index contributed by atoms with van der Waals surface area (Å²) >= 11 is 0. The van der Waals surface area contributed by atoms with E-state index in [1.807, 2.05) is 42.5 Å². The number of hydrogen-bond acceptors (Lipinski definition) is 4. The molecule has 5 saturated carbocycles. The molecule has 2 aromatic carbocycles. The lowest BCUT2D eigenvalue weighted by Gasteiger charge is -2.57. The molecule has 7 rings (SSSR count). The number of anilines is 1. The fourth-order valence-corrected chi connectivity index (χ4v) is 9.84. The van der Waals surface area contributed by atoms with Crippen LogP contribution in [0.4, 0.5) is 5.69 Å². The maximum atomic E-state index is 14.0. The van der Waals surface area contributed by atoms with Gasteiger partial charge in [-0.2, -0.15) is 0 Å². The van der Waals surface area contributed by atoms with E-state index in [-0.39, 0.29) is 30.5 Å². The van der Waals surface area contributed by atoms with E-state index in [4.69, 9.17) is 0 Å². The minimum atomic E-state index is -3.76. The molecule has 43 heavy (non-hydrogen) atoms. The van der Waals surface area contributed by atoms with Crippen LogP contribution in [0.1, 0.15) is 88.7 Å². The van der Waals surface area contributed by atoms with E-state index in [1.54, 1.807) is 6.92 Å². The Hall–Kier alpha value is -2.87. The molecule has 232 valence electrons. The molecular formula is C35H47N3O4S. The van der Waals surface area contributed by atoms with E-state index >= 15 is 0 Å². The van der Waals surface area contributed by atoms with Gasteiger partial charge in [-0.1, -0.05) is 61.7 Å². The van der Waals surface area contributed by atoms with Gasteiger partial charge in [0.1, 0.15) is 12.6 Å². The van der Waals surface area contributed by atoms with Crippen molar-refractivity contribution in [1.82, 2.24) is 10.2 Å². The van der Waals surface area contributed by atoms with Gasteiger partial charge in [-0.05, 0) is 105 Å². The van der Waals surface area contributed by atoms with Crippen LogP contribution in [0.25, 0.3) is 0 Å². The van der Waals surface area contributed by atoms with Gasteiger partial charge in [0.05, 0.1) is 11.9 Å². The number of benzene rings is 2. The third-order valence-corrected chi connectivity index (χ3v) is 11.9. The standard InChI is InChI=1S/C35H47N3O4S/c1-25(34(40)36-31-11-7-4-8-12-31)37(23-26-9-5-3-6-10-26)33(39)24-38(43(2,41)42)32-15-13-30(14-16-32)35-20-27-17-28(21-35)19-29(18-27)22-35/h3,5-6,9-10,13-16,25,27-29,31H,4,7-8,11-12,17-24H2,1-2H3,(H,36,40)/t25-,27?,28?,29?,35?/m1/s1. The highest BCUT2D eigenvalue weighted by molar-refractivity contribution is 7.92. The molecule has 0 radical (unpaired) electrons. The molecule has 7 nitrogen and oxygen atoms in total. The average molecular weight is 606 g/mol. The van der Waals surface area contributed by atoms with Crippen LogP contribution in [0.2, 0.25) is 0 Å². The quantitative estimate of drug-likeness (QED) is 0.372. The van der Waals surface area contributed by atoms with E-state index in [9.17, 15) is 18.0 Å². The van der Waals surface area contributed by atoms with Crippen molar-refractivity contribution in [1.29, 1.82) is 0 Å². The van der Waals surface area contributed by atoms with Crippen LogP contribution >= 0.6 is 0 Å². The van der Waals surface area contributed by atoms with Crippen molar-refractivity contribution in [3.63, 3.8) is 0 Å². The van der Waals surface area contributed by atoms with Gasteiger partial charge in [0.25, 0.3) is 0 Å². The van der Waals surface area contributed by atoms with E-state index in [0.29, 0.717) is 5.69 Å². The van der Waals surface area contributed by atoms with E-state index in [1.165, 1.54) is 59.7 Å². The van der Waals surface area contributed by atoms with Gasteiger partial charge in [-0.3, -0.25) is 13.9 Å². The SMILES string of the molecule is C[C@H](C(=O)NC1CCCCC1)N(Cc1ccccc1)C(=O)CN(c1ccc(C23CC4CC(CC(C4)C2)C3)cc1)S(C)(=O)=O. The normalized spacial score (nSPS) is 27.4. The van der Waals surface area contributed by atoms with Crippen molar-refractivity contribution in [3.05, 3.63) is 65.7 Å². The Bertz CT molecular complexity index is 1370. The van der Waals surface area contributed by atoms with Crippen molar-refractivity contribution in [2.24, 2.45) is 17.8 Å².